The van der Waals surface area contributed by atoms with Gasteiger partial charge >= 0.3 is 5.97 Å². The fourth-order valence-corrected chi connectivity index (χ4v) is 2.38. The predicted octanol–water partition coefficient (Wildman–Crippen LogP) is 3.16. The zero-order chi connectivity index (χ0) is 17.8. The van der Waals surface area contributed by atoms with E-state index >= 15 is 0 Å². The third-order valence-electron chi connectivity index (χ3n) is 3.44. The number of nitrogens with zero attached hydrogens (tertiary/aromatic N) is 4. The molecule has 3 aromatic rings. The number of carboxylic acid groups (broad SMARTS) is 1. The van der Waals surface area contributed by atoms with Gasteiger partial charge < -0.3 is 10.4 Å². The molecule has 0 atom stereocenters. The summed E-state index contributed by atoms with van der Waals surface area (Å²) in [7, 11) is 0. The molecular formula is C18H13N5O2. The van der Waals surface area contributed by atoms with Crippen LogP contribution in [0.25, 0.3) is 11.3 Å². The number of aromatic nitrogens is 3. The molecule has 0 unspecified atom stereocenters. The number of aryl methyl sites for hydroxylation is 1. The van der Waals surface area contributed by atoms with Gasteiger partial charge in [-0.1, -0.05) is 12.1 Å². The normalized spacial score (nSPS) is 10.1. The van der Waals surface area contributed by atoms with Crippen LogP contribution in [0.1, 0.15) is 21.7 Å². The molecule has 0 bridgehead atoms. The second-order valence-electron chi connectivity index (χ2n) is 5.20. The smallest absolute Gasteiger partial charge is 0.341 e. The van der Waals surface area contributed by atoms with Crippen LogP contribution >= 0.6 is 0 Å². The molecule has 0 aliphatic rings. The van der Waals surface area contributed by atoms with Crippen LogP contribution in [0, 0.1) is 18.3 Å². The quantitative estimate of drug-likeness (QED) is 0.755. The number of hydrogen-bond donors (Lipinski definition) is 2. The Morgan fingerprint density at radius 1 is 1.20 bits per heavy atom. The number of pyridine rings is 1. The first-order chi connectivity index (χ1) is 12.1. The van der Waals surface area contributed by atoms with Crippen LogP contribution in [0.2, 0.25) is 0 Å². The zero-order valence-electron chi connectivity index (χ0n) is 13.3. The molecule has 2 aromatic heterocycles. The lowest BCUT2D eigenvalue weighted by molar-refractivity contribution is 0.0698. The van der Waals surface area contributed by atoms with Gasteiger partial charge in [0.1, 0.15) is 17.2 Å². The second kappa shape index (κ2) is 6.76. The molecule has 0 fully saturated rings. The van der Waals surface area contributed by atoms with Gasteiger partial charge in [0.15, 0.2) is 0 Å². The van der Waals surface area contributed by atoms with Gasteiger partial charge in [0.05, 0.1) is 17.3 Å². The number of aromatic carboxylic acids is 1. The molecule has 7 nitrogen and oxygen atoms in total. The number of hydrogen-bond acceptors (Lipinski definition) is 6. The number of benzene rings is 1. The molecule has 0 amide bonds. The molecule has 122 valence electrons. The average molecular weight is 331 g/mol. The van der Waals surface area contributed by atoms with Gasteiger partial charge in [-0.05, 0) is 31.2 Å². The Morgan fingerprint density at radius 3 is 2.64 bits per heavy atom. The van der Waals surface area contributed by atoms with Crippen molar-refractivity contribution in [1.29, 1.82) is 5.26 Å². The fourth-order valence-electron chi connectivity index (χ4n) is 2.38. The van der Waals surface area contributed by atoms with Crippen molar-refractivity contribution in [2.75, 3.05) is 5.32 Å². The first-order valence-corrected chi connectivity index (χ1v) is 7.38. The van der Waals surface area contributed by atoms with Crippen LogP contribution in [-0.2, 0) is 0 Å². The Balaban J connectivity index is 2.18. The fraction of sp³-hybridized carbons (Fsp3) is 0.0556. The highest BCUT2D eigenvalue weighted by Gasteiger charge is 2.21. The summed E-state index contributed by atoms with van der Waals surface area (Å²) in [6, 6.07) is 12.1. The van der Waals surface area contributed by atoms with Crippen molar-refractivity contribution in [2.45, 2.75) is 6.92 Å². The van der Waals surface area contributed by atoms with Crippen LogP contribution in [0.4, 0.5) is 11.5 Å². The van der Waals surface area contributed by atoms with Crippen LogP contribution in [0.15, 0.2) is 48.8 Å². The molecule has 2 N–H and O–H groups in total. The molecule has 0 radical (unpaired) electrons. The molecule has 7 heteroatoms. The van der Waals surface area contributed by atoms with Gasteiger partial charge in [-0.3, -0.25) is 4.98 Å². The summed E-state index contributed by atoms with van der Waals surface area (Å²) in [6.45, 7) is 1.68. The van der Waals surface area contributed by atoms with Crippen molar-refractivity contribution in [2.24, 2.45) is 0 Å². The monoisotopic (exact) mass is 331 g/mol. The van der Waals surface area contributed by atoms with Crippen LogP contribution in [0.5, 0.6) is 0 Å². The second-order valence-corrected chi connectivity index (χ2v) is 5.20. The van der Waals surface area contributed by atoms with E-state index in [0.29, 0.717) is 22.6 Å². The number of carbonyl (C=O) groups is 1. The van der Waals surface area contributed by atoms with E-state index in [1.165, 1.54) is 0 Å². The summed E-state index contributed by atoms with van der Waals surface area (Å²) in [5, 5.41) is 21.8. The Hall–Kier alpha value is -3.79. The van der Waals surface area contributed by atoms with Crippen LogP contribution in [0.3, 0.4) is 0 Å². The van der Waals surface area contributed by atoms with E-state index < -0.39 is 5.97 Å². The van der Waals surface area contributed by atoms with Gasteiger partial charge in [0, 0.05) is 23.6 Å². The molecule has 0 aliphatic carbocycles. The van der Waals surface area contributed by atoms with Crippen molar-refractivity contribution in [1.82, 2.24) is 15.0 Å². The highest BCUT2D eigenvalue weighted by Crippen LogP contribution is 2.29. The first kappa shape index (κ1) is 16.1. The summed E-state index contributed by atoms with van der Waals surface area (Å²) >= 11 is 0. The van der Waals surface area contributed by atoms with Crippen LogP contribution < -0.4 is 5.32 Å². The standard InChI is InChI=1S/C18H13N5O2/c1-11-21-16(13-4-2-3-12(9-13)10-19)15(18(24)25)17(22-11)23-14-5-7-20-8-6-14/h2-9H,1H3,(H,24,25)(H,20,21,22,23). The van der Waals surface area contributed by atoms with Crippen LogP contribution in [-0.4, -0.2) is 26.0 Å². The molecule has 2 heterocycles. The van der Waals surface area contributed by atoms with E-state index in [1.54, 1.807) is 55.7 Å². The summed E-state index contributed by atoms with van der Waals surface area (Å²) in [5.41, 5.74) is 1.83. The lowest BCUT2D eigenvalue weighted by Gasteiger charge is -2.13. The topological polar surface area (TPSA) is 112 Å². The Kier molecular flexibility index (Phi) is 4.35. The third-order valence-corrected chi connectivity index (χ3v) is 3.44. The Morgan fingerprint density at radius 2 is 1.96 bits per heavy atom. The number of nitrogens with one attached hydrogen (secondary N) is 1. The minimum Gasteiger partial charge on any atom is -0.477 e. The Labute approximate surface area is 143 Å². The molecular weight excluding hydrogens is 318 g/mol. The summed E-state index contributed by atoms with van der Waals surface area (Å²) in [5.74, 6) is -0.559. The summed E-state index contributed by atoms with van der Waals surface area (Å²) in [6.07, 6.45) is 3.18. The van der Waals surface area contributed by atoms with Crippen molar-refractivity contribution in [3.63, 3.8) is 0 Å². The number of anilines is 2. The van der Waals surface area contributed by atoms with Crippen molar-refractivity contribution < 1.29 is 9.90 Å². The zero-order valence-corrected chi connectivity index (χ0v) is 13.3. The van der Waals surface area contributed by atoms with Crippen molar-refractivity contribution in [3.05, 3.63) is 65.7 Å². The highest BCUT2D eigenvalue weighted by molar-refractivity contribution is 6.00. The molecule has 0 saturated carbocycles. The van der Waals surface area contributed by atoms with Gasteiger partial charge in [0.25, 0.3) is 0 Å². The predicted molar refractivity (Wildman–Crippen MR) is 91.4 cm³/mol. The van der Waals surface area contributed by atoms with Gasteiger partial charge in [-0.2, -0.15) is 5.26 Å². The van der Waals surface area contributed by atoms with E-state index in [-0.39, 0.29) is 17.1 Å². The average Bonchev–Trinajstić information content (AvgIpc) is 2.61. The summed E-state index contributed by atoms with van der Waals surface area (Å²) in [4.78, 5) is 24.3. The third kappa shape index (κ3) is 3.43. The largest absolute Gasteiger partial charge is 0.477 e. The first-order valence-electron chi connectivity index (χ1n) is 7.38. The van der Waals surface area contributed by atoms with E-state index in [9.17, 15) is 9.90 Å². The minimum absolute atomic E-state index is 0.0579. The highest BCUT2D eigenvalue weighted by atomic mass is 16.4. The molecule has 0 spiro atoms. The van der Waals surface area contributed by atoms with Crippen molar-refractivity contribution in [3.8, 4) is 17.3 Å². The minimum atomic E-state index is -1.16. The number of rotatable bonds is 4. The molecule has 0 saturated heterocycles. The van der Waals surface area contributed by atoms with Gasteiger partial charge in [-0.15, -0.1) is 0 Å². The maximum absolute atomic E-state index is 11.9. The molecule has 0 aliphatic heterocycles. The summed E-state index contributed by atoms with van der Waals surface area (Å²) < 4.78 is 0. The van der Waals surface area contributed by atoms with E-state index in [1.807, 2.05) is 6.07 Å². The maximum Gasteiger partial charge on any atom is 0.341 e. The molecule has 3 rings (SSSR count). The van der Waals surface area contributed by atoms with E-state index in [2.05, 4.69) is 20.3 Å². The number of nitriles is 1. The van der Waals surface area contributed by atoms with Gasteiger partial charge in [0.2, 0.25) is 0 Å². The SMILES string of the molecule is Cc1nc(Nc2ccncc2)c(C(=O)O)c(-c2cccc(C#N)c2)n1. The van der Waals surface area contributed by atoms with Gasteiger partial charge in [-0.25, -0.2) is 14.8 Å². The van der Waals surface area contributed by atoms with Crippen molar-refractivity contribution >= 4 is 17.5 Å². The Bertz CT molecular complexity index is 981. The molecule has 25 heavy (non-hydrogen) atoms. The molecule has 1 aromatic carbocycles. The lowest BCUT2D eigenvalue weighted by Crippen LogP contribution is -2.10. The van der Waals surface area contributed by atoms with E-state index in [4.69, 9.17) is 5.26 Å². The maximum atomic E-state index is 11.9. The van der Waals surface area contributed by atoms with E-state index in [0.717, 1.165) is 0 Å². The lowest BCUT2D eigenvalue weighted by atomic mass is 10.0. The number of carboxylic acids is 1.